The van der Waals surface area contributed by atoms with Gasteiger partial charge < -0.3 is 20.1 Å². The average molecular weight is 384 g/mol. The van der Waals surface area contributed by atoms with Gasteiger partial charge in [0.25, 0.3) is 5.91 Å². The maximum atomic E-state index is 12.6. The summed E-state index contributed by atoms with van der Waals surface area (Å²) in [7, 11) is 0. The number of anilines is 2. The molecule has 0 aliphatic carbocycles. The minimum atomic E-state index is -0.544. The lowest BCUT2D eigenvalue weighted by Gasteiger charge is -2.30. The molecule has 1 fully saturated rings. The monoisotopic (exact) mass is 383 g/mol. The fourth-order valence-corrected chi connectivity index (χ4v) is 2.98. The highest BCUT2D eigenvalue weighted by molar-refractivity contribution is 6.31. The quantitative estimate of drug-likeness (QED) is 0.624. The lowest BCUT2D eigenvalue weighted by Crippen LogP contribution is -2.36. The molecule has 1 saturated heterocycles. The van der Waals surface area contributed by atoms with Crippen molar-refractivity contribution in [2.75, 3.05) is 36.5 Å². The van der Waals surface area contributed by atoms with E-state index in [1.54, 1.807) is 24.3 Å². The third kappa shape index (κ3) is 4.79. The Morgan fingerprint density at radius 2 is 2.04 bits per heavy atom. The number of rotatable bonds is 4. The van der Waals surface area contributed by atoms with Gasteiger partial charge in [0.1, 0.15) is 17.4 Å². The summed E-state index contributed by atoms with van der Waals surface area (Å²) in [5, 5.41) is 22.2. The van der Waals surface area contributed by atoms with E-state index in [1.807, 2.05) is 12.1 Å². The Morgan fingerprint density at radius 3 is 2.74 bits per heavy atom. The van der Waals surface area contributed by atoms with E-state index in [0.717, 1.165) is 5.69 Å². The number of amides is 1. The molecule has 0 bridgehead atoms. The fourth-order valence-electron chi connectivity index (χ4n) is 2.81. The molecule has 2 aromatic rings. The fraction of sp³-hybridized carbons (Fsp3) is 0.200. The van der Waals surface area contributed by atoms with E-state index < -0.39 is 5.91 Å². The molecule has 138 valence electrons. The SMILES string of the molecule is N#C/C(=C/c1cccc(O)c1)C(=O)Nc1cc(Cl)ccc1N1CCOCC1. The topological polar surface area (TPSA) is 85.6 Å². The number of nitrogens with one attached hydrogen (secondary N) is 1. The minimum Gasteiger partial charge on any atom is -0.508 e. The van der Waals surface area contributed by atoms with E-state index in [-0.39, 0.29) is 11.3 Å². The first-order valence-corrected chi connectivity index (χ1v) is 8.79. The molecule has 1 heterocycles. The summed E-state index contributed by atoms with van der Waals surface area (Å²) < 4.78 is 5.37. The molecule has 0 spiro atoms. The number of hydrogen-bond donors (Lipinski definition) is 2. The zero-order chi connectivity index (χ0) is 19.2. The maximum absolute atomic E-state index is 12.6. The molecule has 27 heavy (non-hydrogen) atoms. The summed E-state index contributed by atoms with van der Waals surface area (Å²) in [5.74, 6) is -0.483. The number of carbonyl (C=O) groups excluding carboxylic acids is 1. The number of ether oxygens (including phenoxy) is 1. The van der Waals surface area contributed by atoms with E-state index in [0.29, 0.717) is 42.6 Å². The lowest BCUT2D eigenvalue weighted by molar-refractivity contribution is -0.112. The lowest BCUT2D eigenvalue weighted by atomic mass is 10.1. The number of phenols is 1. The van der Waals surface area contributed by atoms with Crippen molar-refractivity contribution < 1.29 is 14.6 Å². The Hall–Kier alpha value is -3.01. The Bertz CT molecular complexity index is 915. The number of hydrogen-bond acceptors (Lipinski definition) is 5. The summed E-state index contributed by atoms with van der Waals surface area (Å²) >= 11 is 6.10. The number of halogens is 1. The van der Waals surface area contributed by atoms with E-state index in [2.05, 4.69) is 10.2 Å². The van der Waals surface area contributed by atoms with Crippen LogP contribution in [-0.2, 0) is 9.53 Å². The van der Waals surface area contributed by atoms with Gasteiger partial charge >= 0.3 is 0 Å². The van der Waals surface area contributed by atoms with Gasteiger partial charge in [-0.1, -0.05) is 23.7 Å². The van der Waals surface area contributed by atoms with E-state index in [1.165, 1.54) is 18.2 Å². The first kappa shape index (κ1) is 18.8. The minimum absolute atomic E-state index is 0.0610. The normalized spacial score (nSPS) is 14.5. The molecule has 2 aromatic carbocycles. The van der Waals surface area contributed by atoms with Gasteiger partial charge in [0, 0.05) is 18.1 Å². The van der Waals surface area contributed by atoms with Crippen molar-refractivity contribution in [1.82, 2.24) is 0 Å². The Balaban J connectivity index is 1.86. The van der Waals surface area contributed by atoms with Crippen LogP contribution in [0.5, 0.6) is 5.75 Å². The van der Waals surface area contributed by atoms with Gasteiger partial charge in [-0.2, -0.15) is 5.26 Å². The van der Waals surface area contributed by atoms with Gasteiger partial charge in [-0.25, -0.2) is 0 Å². The van der Waals surface area contributed by atoms with Gasteiger partial charge in [-0.15, -0.1) is 0 Å². The van der Waals surface area contributed by atoms with Crippen molar-refractivity contribution in [1.29, 1.82) is 5.26 Å². The van der Waals surface area contributed by atoms with Crippen LogP contribution in [0.4, 0.5) is 11.4 Å². The number of nitrogens with zero attached hydrogens (tertiary/aromatic N) is 2. The standard InChI is InChI=1S/C20H18ClN3O3/c21-16-4-5-19(24-6-8-27-9-7-24)18(12-16)23-20(26)15(13-22)10-14-2-1-3-17(25)11-14/h1-5,10-12,25H,6-9H2,(H,23,26)/b15-10-. The average Bonchev–Trinajstić information content (AvgIpc) is 2.67. The van der Waals surface area contributed by atoms with Crippen LogP contribution in [0.1, 0.15) is 5.56 Å². The van der Waals surface area contributed by atoms with Crippen LogP contribution in [0.25, 0.3) is 6.08 Å². The number of morpholine rings is 1. The van der Waals surface area contributed by atoms with E-state index in [9.17, 15) is 15.2 Å². The molecule has 0 unspecified atom stereocenters. The summed E-state index contributed by atoms with van der Waals surface area (Å²) in [4.78, 5) is 14.7. The van der Waals surface area contributed by atoms with E-state index >= 15 is 0 Å². The predicted molar refractivity (Wildman–Crippen MR) is 105 cm³/mol. The smallest absolute Gasteiger partial charge is 0.266 e. The molecular formula is C20H18ClN3O3. The summed E-state index contributed by atoms with van der Waals surface area (Å²) in [6.45, 7) is 2.62. The summed E-state index contributed by atoms with van der Waals surface area (Å²) in [5.41, 5.74) is 1.84. The van der Waals surface area contributed by atoms with Crippen LogP contribution >= 0.6 is 11.6 Å². The van der Waals surface area contributed by atoms with Crippen LogP contribution in [0.2, 0.25) is 5.02 Å². The summed E-state index contributed by atoms with van der Waals surface area (Å²) in [6, 6.07) is 13.5. The molecule has 3 rings (SSSR count). The number of carbonyl (C=O) groups is 1. The first-order chi connectivity index (χ1) is 13.1. The molecular weight excluding hydrogens is 366 g/mol. The van der Waals surface area contributed by atoms with Crippen LogP contribution in [0.3, 0.4) is 0 Å². The Labute approximate surface area is 162 Å². The van der Waals surface area contributed by atoms with Crippen molar-refractivity contribution in [3.8, 4) is 11.8 Å². The van der Waals surface area contributed by atoms with E-state index in [4.69, 9.17) is 16.3 Å². The second-order valence-corrected chi connectivity index (χ2v) is 6.42. The highest BCUT2D eigenvalue weighted by Crippen LogP contribution is 2.30. The largest absolute Gasteiger partial charge is 0.508 e. The number of aromatic hydroxyl groups is 1. The zero-order valence-electron chi connectivity index (χ0n) is 14.5. The highest BCUT2D eigenvalue weighted by atomic mass is 35.5. The van der Waals surface area contributed by atoms with Crippen molar-refractivity contribution in [2.24, 2.45) is 0 Å². The van der Waals surface area contributed by atoms with Gasteiger partial charge in [-0.05, 0) is 42.0 Å². The second kappa shape index (κ2) is 8.58. The molecule has 0 radical (unpaired) electrons. The van der Waals surface area contributed by atoms with Crippen molar-refractivity contribution in [3.63, 3.8) is 0 Å². The highest BCUT2D eigenvalue weighted by Gasteiger charge is 2.18. The maximum Gasteiger partial charge on any atom is 0.266 e. The second-order valence-electron chi connectivity index (χ2n) is 5.98. The first-order valence-electron chi connectivity index (χ1n) is 8.41. The Morgan fingerprint density at radius 1 is 1.26 bits per heavy atom. The molecule has 0 aromatic heterocycles. The van der Waals surface area contributed by atoms with Gasteiger partial charge in [0.05, 0.1) is 24.6 Å². The molecule has 0 saturated carbocycles. The molecule has 1 aliphatic rings. The molecule has 2 N–H and O–H groups in total. The van der Waals surface area contributed by atoms with Crippen molar-refractivity contribution in [3.05, 3.63) is 58.6 Å². The molecule has 7 heteroatoms. The van der Waals surface area contributed by atoms with Gasteiger partial charge in [-0.3, -0.25) is 4.79 Å². The van der Waals surface area contributed by atoms with Gasteiger partial charge in [0.2, 0.25) is 0 Å². The number of benzene rings is 2. The third-order valence-electron chi connectivity index (χ3n) is 4.10. The van der Waals surface area contributed by atoms with Gasteiger partial charge in [0.15, 0.2) is 0 Å². The summed E-state index contributed by atoms with van der Waals surface area (Å²) in [6.07, 6.45) is 1.42. The zero-order valence-corrected chi connectivity index (χ0v) is 15.2. The number of nitriles is 1. The van der Waals surface area contributed by atoms with Crippen LogP contribution in [-0.4, -0.2) is 37.3 Å². The molecule has 1 aliphatic heterocycles. The van der Waals surface area contributed by atoms with Crippen LogP contribution < -0.4 is 10.2 Å². The Kier molecular flexibility index (Phi) is 5.97. The van der Waals surface area contributed by atoms with Crippen LogP contribution in [0, 0.1) is 11.3 Å². The molecule has 0 atom stereocenters. The molecule has 1 amide bonds. The number of phenolic OH excluding ortho intramolecular Hbond substituents is 1. The van der Waals surface area contributed by atoms with Crippen molar-refractivity contribution in [2.45, 2.75) is 0 Å². The third-order valence-corrected chi connectivity index (χ3v) is 4.34. The predicted octanol–water partition coefficient (Wildman–Crippen LogP) is 3.43. The van der Waals surface area contributed by atoms with Crippen molar-refractivity contribution >= 4 is 35.0 Å². The molecule has 6 nitrogen and oxygen atoms in total. The van der Waals surface area contributed by atoms with Crippen LogP contribution in [0.15, 0.2) is 48.0 Å².